The topological polar surface area (TPSA) is 316 Å². The molecule has 0 aliphatic rings. The van der Waals surface area contributed by atoms with Crippen LogP contribution in [0.4, 0.5) is 0 Å². The van der Waals surface area contributed by atoms with E-state index in [2.05, 4.69) is 29.4 Å². The van der Waals surface area contributed by atoms with E-state index in [0.29, 0.717) is 116 Å². The normalized spacial score (nSPS) is 10.2. The number of rotatable bonds is 39. The summed E-state index contributed by atoms with van der Waals surface area (Å²) in [5, 5.41) is 16.8. The number of isocyanates is 4. The molecule has 0 amide bonds. The number of aromatic nitrogens is 6. The molecule has 0 fully saturated rings. The van der Waals surface area contributed by atoms with Gasteiger partial charge in [0.2, 0.25) is 24.3 Å². The van der Waals surface area contributed by atoms with E-state index in [1.807, 2.05) is 0 Å². The highest BCUT2D eigenvalue weighted by molar-refractivity contribution is 5.33. The standard InChI is InChI=1S/C24H36N6O6.C21H30N6O6/c25-19-36-18-12-6-5-11-17-30-23(34)28(15-9-3-1-7-13-26-20-31)22(33)29(24(30)35)16-10-4-2-8-14-27-21-32;22-16-33-15-9-3-8-14-27-20(31)25(12-6-1-4-10-23-17-28)19(30)26(21(27)32)13-7-2-5-11-24-18-29/h1-18H2;1-15H2. The first-order chi connectivity index (χ1) is 33.7. The molecule has 0 aliphatic carbocycles. The van der Waals surface area contributed by atoms with Crippen molar-refractivity contribution in [3.05, 3.63) is 62.9 Å². The van der Waals surface area contributed by atoms with Crippen LogP contribution in [-0.2, 0) is 67.9 Å². The van der Waals surface area contributed by atoms with Gasteiger partial charge in [-0.3, -0.25) is 0 Å². The van der Waals surface area contributed by atoms with E-state index >= 15 is 0 Å². The Balaban J connectivity index is 0.000000693. The summed E-state index contributed by atoms with van der Waals surface area (Å²) in [4.78, 5) is 132. The molecule has 24 heteroatoms. The van der Waals surface area contributed by atoms with Crippen LogP contribution in [0.5, 0.6) is 0 Å². The number of nitriles is 2. The third-order valence-electron chi connectivity index (χ3n) is 10.8. The van der Waals surface area contributed by atoms with E-state index in [4.69, 9.17) is 10.5 Å². The number of aliphatic imine (C=N–C) groups is 4. The Morgan fingerprint density at radius 3 is 0.710 bits per heavy atom. The predicted molar refractivity (Wildman–Crippen MR) is 250 cm³/mol. The molecule has 0 spiro atoms. The van der Waals surface area contributed by atoms with Gasteiger partial charge in [0.25, 0.3) is 12.5 Å². The highest BCUT2D eigenvalue weighted by Crippen LogP contribution is 2.05. The zero-order valence-electron chi connectivity index (χ0n) is 39.6. The molecule has 0 saturated heterocycles. The van der Waals surface area contributed by atoms with Gasteiger partial charge in [0, 0.05) is 39.3 Å². The summed E-state index contributed by atoms with van der Waals surface area (Å²) in [6.45, 7) is 3.23. The zero-order chi connectivity index (χ0) is 50.7. The molecule has 378 valence electrons. The number of ether oxygens (including phenoxy) is 2. The maximum absolute atomic E-state index is 13.0. The van der Waals surface area contributed by atoms with E-state index in [0.717, 1.165) is 78.8 Å². The maximum atomic E-state index is 13.0. The number of nitrogens with zero attached hydrogens (tertiary/aromatic N) is 12. The van der Waals surface area contributed by atoms with Crippen molar-refractivity contribution in [2.24, 2.45) is 20.0 Å². The zero-order valence-corrected chi connectivity index (χ0v) is 39.6. The van der Waals surface area contributed by atoms with Crippen molar-refractivity contribution in [3.63, 3.8) is 0 Å². The summed E-state index contributed by atoms with van der Waals surface area (Å²) in [7, 11) is 0. The fourth-order valence-electron chi connectivity index (χ4n) is 7.11. The third kappa shape index (κ3) is 25.0. The van der Waals surface area contributed by atoms with Gasteiger partial charge in [-0.25, -0.2) is 95.3 Å². The monoisotopic (exact) mass is 966 g/mol. The largest absolute Gasteiger partial charge is 0.428 e. The van der Waals surface area contributed by atoms with Gasteiger partial charge in [0.15, 0.2) is 0 Å². The molecule has 2 aromatic rings. The van der Waals surface area contributed by atoms with Crippen LogP contribution >= 0.6 is 0 Å². The second-order valence-corrected chi connectivity index (χ2v) is 15.8. The molecule has 0 radical (unpaired) electrons. The third-order valence-corrected chi connectivity index (χ3v) is 10.8. The van der Waals surface area contributed by atoms with Crippen molar-refractivity contribution in [1.29, 1.82) is 10.5 Å². The van der Waals surface area contributed by atoms with Crippen molar-refractivity contribution in [1.82, 2.24) is 27.4 Å². The van der Waals surface area contributed by atoms with Gasteiger partial charge in [-0.15, -0.1) is 0 Å². The van der Waals surface area contributed by atoms with Gasteiger partial charge in [-0.05, 0) is 103 Å². The fourth-order valence-corrected chi connectivity index (χ4v) is 7.11. The van der Waals surface area contributed by atoms with Crippen LogP contribution in [0.3, 0.4) is 0 Å². The van der Waals surface area contributed by atoms with Crippen molar-refractivity contribution in [3.8, 4) is 12.5 Å². The van der Waals surface area contributed by atoms with Crippen molar-refractivity contribution >= 4 is 24.3 Å². The second-order valence-electron chi connectivity index (χ2n) is 15.8. The molecule has 24 nitrogen and oxygen atoms in total. The van der Waals surface area contributed by atoms with Crippen molar-refractivity contribution in [2.45, 2.75) is 174 Å². The fraction of sp³-hybridized carbons (Fsp3) is 0.733. The Kier molecular flexibility index (Phi) is 34.8. The van der Waals surface area contributed by atoms with Crippen LogP contribution in [-0.4, -0.2) is 91.1 Å². The van der Waals surface area contributed by atoms with Gasteiger partial charge < -0.3 is 9.47 Å². The van der Waals surface area contributed by atoms with E-state index in [1.54, 1.807) is 12.5 Å². The molecule has 0 aromatic carbocycles. The van der Waals surface area contributed by atoms with Crippen LogP contribution in [0.25, 0.3) is 0 Å². The van der Waals surface area contributed by atoms with Crippen LogP contribution in [0.1, 0.15) is 135 Å². The lowest BCUT2D eigenvalue weighted by Gasteiger charge is -2.14. The minimum atomic E-state index is -0.638. The molecule has 69 heavy (non-hydrogen) atoms. The Hall–Kier alpha value is -7.08. The average molecular weight is 967 g/mol. The van der Waals surface area contributed by atoms with Gasteiger partial charge in [0.05, 0.1) is 26.2 Å². The molecule has 0 unspecified atom stereocenters. The van der Waals surface area contributed by atoms with Crippen molar-refractivity contribution in [2.75, 3.05) is 39.4 Å². The van der Waals surface area contributed by atoms with Crippen LogP contribution < -0.4 is 34.1 Å². The summed E-state index contributed by atoms with van der Waals surface area (Å²) >= 11 is 0. The Morgan fingerprint density at radius 1 is 0.304 bits per heavy atom. The number of unbranched alkanes of at least 4 members (excludes halogenated alkanes) is 15. The van der Waals surface area contributed by atoms with Crippen LogP contribution in [0.2, 0.25) is 0 Å². The first-order valence-electron chi connectivity index (χ1n) is 23.7. The Morgan fingerprint density at radius 2 is 0.493 bits per heavy atom. The van der Waals surface area contributed by atoms with Gasteiger partial charge in [-0.2, -0.15) is 10.5 Å². The molecule has 2 heterocycles. The average Bonchev–Trinajstić information content (AvgIpc) is 3.34. The quantitative estimate of drug-likeness (QED) is 0.0403. The van der Waals surface area contributed by atoms with Crippen molar-refractivity contribution < 1.29 is 28.7 Å². The summed E-state index contributed by atoms with van der Waals surface area (Å²) in [6.07, 6.45) is 23.2. The Labute approximate surface area is 399 Å². The first-order valence-corrected chi connectivity index (χ1v) is 23.7. The molecular formula is C45H66N12O12. The second kappa shape index (κ2) is 40.0. The van der Waals surface area contributed by atoms with E-state index in [1.165, 1.54) is 24.3 Å². The smallest absolute Gasteiger partial charge is 0.336 e. The molecule has 0 bridgehead atoms. The molecule has 0 aliphatic heterocycles. The summed E-state index contributed by atoms with van der Waals surface area (Å²) in [5.41, 5.74) is -3.69. The summed E-state index contributed by atoms with van der Waals surface area (Å²) < 4.78 is 15.9. The number of hydrogen-bond donors (Lipinski definition) is 0. The van der Waals surface area contributed by atoms with Gasteiger partial charge in [-0.1, -0.05) is 32.1 Å². The van der Waals surface area contributed by atoms with Gasteiger partial charge in [0.1, 0.15) is 13.2 Å². The Bertz CT molecular complexity index is 2330. The molecule has 0 N–H and O–H groups in total. The summed E-state index contributed by atoms with van der Waals surface area (Å²) in [5.74, 6) is 0. The SMILES string of the molecule is N#COCCCCCCn1c(=O)n(CCCCCCN=C=O)c(=O)n(CCCCCCN=C=O)c1=O.N#COCCCCCn1c(=O)n(CCCCCN=C=O)c(=O)n(CCCCCN=C=O)c1=O. The summed E-state index contributed by atoms with van der Waals surface area (Å²) in [6, 6.07) is 0. The van der Waals surface area contributed by atoms with Crippen LogP contribution in [0, 0.1) is 23.0 Å². The van der Waals surface area contributed by atoms with E-state index < -0.39 is 34.1 Å². The molecule has 2 rings (SSSR count). The lowest BCUT2D eigenvalue weighted by atomic mass is 10.2. The number of hydrogen-bond acceptors (Lipinski definition) is 18. The van der Waals surface area contributed by atoms with Gasteiger partial charge >= 0.3 is 34.1 Å². The lowest BCUT2D eigenvalue weighted by molar-refractivity contribution is 0.259. The van der Waals surface area contributed by atoms with Crippen LogP contribution in [0.15, 0.2) is 48.7 Å². The highest BCUT2D eigenvalue weighted by Gasteiger charge is 2.17. The lowest BCUT2D eigenvalue weighted by Crippen LogP contribution is -2.54. The van der Waals surface area contributed by atoms with E-state index in [9.17, 15) is 47.9 Å². The highest BCUT2D eigenvalue weighted by atomic mass is 16.5. The molecule has 0 saturated carbocycles. The molecule has 2 aromatic heterocycles. The maximum Gasteiger partial charge on any atom is 0.336 e. The number of carbonyl (C=O) groups excluding carboxylic acids is 4. The minimum absolute atomic E-state index is 0.159. The molecular weight excluding hydrogens is 901 g/mol. The van der Waals surface area contributed by atoms with E-state index in [-0.39, 0.29) is 45.9 Å². The first kappa shape index (κ1) is 59.9. The minimum Gasteiger partial charge on any atom is -0.428 e. The molecule has 0 atom stereocenters. The predicted octanol–water partition coefficient (Wildman–Crippen LogP) is 2.87.